The van der Waals surface area contributed by atoms with Crippen molar-refractivity contribution in [2.45, 2.75) is 19.6 Å². The second-order valence-corrected chi connectivity index (χ2v) is 5.86. The lowest BCUT2D eigenvalue weighted by molar-refractivity contribution is -0.186. The molecule has 0 radical (unpaired) electrons. The number of methoxy groups -OCH3 is 1. The van der Waals surface area contributed by atoms with E-state index >= 15 is 0 Å². The number of pyridine rings is 1. The largest absolute Gasteiger partial charge is 0.471 e. The van der Waals surface area contributed by atoms with E-state index in [1.807, 2.05) is 25.1 Å². The number of aryl methyl sites for hydroxylation is 1. The Bertz CT molecular complexity index is 954. The zero-order valence-corrected chi connectivity index (χ0v) is 14.1. The average Bonchev–Trinajstić information content (AvgIpc) is 3.07. The fourth-order valence-electron chi connectivity index (χ4n) is 2.72. The zero-order valence-electron chi connectivity index (χ0n) is 14.1. The van der Waals surface area contributed by atoms with Crippen molar-refractivity contribution in [3.05, 3.63) is 35.4 Å². The van der Waals surface area contributed by atoms with Crippen molar-refractivity contribution in [3.8, 4) is 0 Å². The normalized spacial score (nSPS) is 12.0. The number of aromatic nitrogens is 4. The molecule has 138 valence electrons. The molecule has 0 N–H and O–H groups in total. The van der Waals surface area contributed by atoms with Crippen LogP contribution in [0.15, 0.2) is 24.3 Å². The number of carbonyl (C=O) groups excluding carboxylic acids is 1. The van der Waals surface area contributed by atoms with Gasteiger partial charge in [0.25, 0.3) is 0 Å². The first kappa shape index (κ1) is 18.1. The number of carbonyl (C=O) groups is 1. The van der Waals surface area contributed by atoms with Crippen LogP contribution in [0.25, 0.3) is 16.6 Å². The van der Waals surface area contributed by atoms with E-state index < -0.39 is 12.1 Å². The number of tetrazole rings is 1. The van der Waals surface area contributed by atoms with Gasteiger partial charge in [-0.25, -0.2) is 0 Å². The van der Waals surface area contributed by atoms with Gasteiger partial charge in [0.1, 0.15) is 0 Å². The van der Waals surface area contributed by atoms with E-state index in [9.17, 15) is 18.0 Å². The molecule has 0 saturated carbocycles. The van der Waals surface area contributed by atoms with Gasteiger partial charge in [-0.1, -0.05) is 12.1 Å². The van der Waals surface area contributed by atoms with Gasteiger partial charge in [0.2, 0.25) is 0 Å². The van der Waals surface area contributed by atoms with Crippen LogP contribution in [0, 0.1) is 6.92 Å². The Morgan fingerprint density at radius 3 is 2.77 bits per heavy atom. The summed E-state index contributed by atoms with van der Waals surface area (Å²) in [6.07, 6.45) is -4.97. The average molecular weight is 367 g/mol. The van der Waals surface area contributed by atoms with E-state index in [0.717, 1.165) is 16.5 Å². The minimum absolute atomic E-state index is 0.0180. The van der Waals surface area contributed by atoms with Crippen LogP contribution in [0.2, 0.25) is 0 Å². The van der Waals surface area contributed by atoms with E-state index in [2.05, 4.69) is 15.5 Å². The molecule has 26 heavy (non-hydrogen) atoms. The van der Waals surface area contributed by atoms with Crippen LogP contribution < -0.4 is 0 Å². The first-order valence-electron chi connectivity index (χ1n) is 7.76. The Balaban J connectivity index is 2.05. The predicted octanol–water partition coefficient (Wildman–Crippen LogP) is 2.12. The quantitative estimate of drug-likeness (QED) is 0.691. The van der Waals surface area contributed by atoms with Crippen LogP contribution in [0.3, 0.4) is 0 Å². The Morgan fingerprint density at radius 1 is 1.31 bits per heavy atom. The number of ether oxygens (including phenoxy) is 1. The predicted molar refractivity (Wildman–Crippen MR) is 86.4 cm³/mol. The summed E-state index contributed by atoms with van der Waals surface area (Å²) in [4.78, 5) is 12.4. The maximum atomic E-state index is 12.9. The van der Waals surface area contributed by atoms with Crippen LogP contribution in [-0.2, 0) is 16.1 Å². The van der Waals surface area contributed by atoms with Crippen LogP contribution in [-0.4, -0.2) is 57.3 Å². The Labute approximate surface area is 146 Å². The van der Waals surface area contributed by atoms with Gasteiger partial charge in [-0.3, -0.25) is 4.79 Å². The molecule has 1 amide bonds. The highest BCUT2D eigenvalue weighted by molar-refractivity contribution is 5.85. The molecule has 0 saturated heterocycles. The van der Waals surface area contributed by atoms with Crippen molar-refractivity contribution in [2.75, 3.05) is 20.3 Å². The summed E-state index contributed by atoms with van der Waals surface area (Å²) in [7, 11) is 1.36. The fraction of sp³-hybridized carbons (Fsp3) is 0.375. The standard InChI is InChI=1S/C16H16F3N5O2/c1-10-3-4-11-8-12(14-20-21-22-24(14)13(11)7-10)9-23(5-6-26-2)15(25)16(17,18)19/h3-4,7-8H,5-6,9H2,1-2H3. The fourth-order valence-corrected chi connectivity index (χ4v) is 2.72. The van der Waals surface area contributed by atoms with E-state index in [-0.39, 0.29) is 19.7 Å². The molecular formula is C16H16F3N5O2. The van der Waals surface area contributed by atoms with Gasteiger partial charge in [0.15, 0.2) is 5.65 Å². The Morgan fingerprint density at radius 2 is 2.08 bits per heavy atom. The molecule has 0 aliphatic rings. The maximum Gasteiger partial charge on any atom is 0.471 e. The molecule has 0 unspecified atom stereocenters. The van der Waals surface area contributed by atoms with Crippen molar-refractivity contribution in [3.63, 3.8) is 0 Å². The summed E-state index contributed by atoms with van der Waals surface area (Å²) >= 11 is 0. The molecule has 3 rings (SSSR count). The number of benzene rings is 1. The van der Waals surface area contributed by atoms with Gasteiger partial charge < -0.3 is 9.64 Å². The van der Waals surface area contributed by atoms with Crippen molar-refractivity contribution >= 4 is 22.5 Å². The van der Waals surface area contributed by atoms with E-state index in [0.29, 0.717) is 16.1 Å². The molecule has 0 aliphatic heterocycles. The minimum atomic E-state index is -4.97. The molecule has 10 heteroatoms. The van der Waals surface area contributed by atoms with Gasteiger partial charge in [-0.05, 0) is 35.0 Å². The van der Waals surface area contributed by atoms with E-state index in [1.54, 1.807) is 6.07 Å². The first-order chi connectivity index (χ1) is 12.3. The number of amides is 1. The highest BCUT2D eigenvalue weighted by Gasteiger charge is 2.42. The lowest BCUT2D eigenvalue weighted by atomic mass is 10.1. The van der Waals surface area contributed by atoms with Crippen LogP contribution in [0.4, 0.5) is 13.2 Å². The second kappa shape index (κ2) is 6.87. The summed E-state index contributed by atoms with van der Waals surface area (Å²) in [6, 6.07) is 7.29. The molecule has 2 heterocycles. The number of rotatable bonds is 5. The number of halogens is 3. The monoisotopic (exact) mass is 367 g/mol. The van der Waals surface area contributed by atoms with Crippen LogP contribution in [0.5, 0.6) is 0 Å². The summed E-state index contributed by atoms with van der Waals surface area (Å²) in [6.45, 7) is 1.41. The second-order valence-electron chi connectivity index (χ2n) is 5.86. The lowest BCUT2D eigenvalue weighted by Gasteiger charge is -2.23. The molecule has 0 atom stereocenters. The van der Waals surface area contributed by atoms with Crippen molar-refractivity contribution in [2.24, 2.45) is 0 Å². The van der Waals surface area contributed by atoms with Crippen LogP contribution >= 0.6 is 0 Å². The molecule has 0 fully saturated rings. The van der Waals surface area contributed by atoms with Crippen molar-refractivity contribution in [1.29, 1.82) is 0 Å². The third-order valence-electron chi connectivity index (χ3n) is 3.96. The molecule has 1 aromatic carbocycles. The zero-order chi connectivity index (χ0) is 18.9. The summed E-state index contributed by atoms with van der Waals surface area (Å²) < 4.78 is 45.0. The smallest absolute Gasteiger partial charge is 0.383 e. The molecule has 7 nitrogen and oxygen atoms in total. The van der Waals surface area contributed by atoms with Crippen molar-refractivity contribution in [1.82, 2.24) is 24.9 Å². The summed E-state index contributed by atoms with van der Waals surface area (Å²) in [5.74, 6) is -1.93. The van der Waals surface area contributed by atoms with Crippen LogP contribution in [0.1, 0.15) is 11.1 Å². The summed E-state index contributed by atoms with van der Waals surface area (Å²) in [5.41, 5.74) is 2.45. The van der Waals surface area contributed by atoms with E-state index in [4.69, 9.17) is 4.74 Å². The van der Waals surface area contributed by atoms with Gasteiger partial charge in [0.05, 0.1) is 12.1 Å². The molecular weight excluding hydrogens is 351 g/mol. The molecule has 0 spiro atoms. The molecule has 2 aromatic heterocycles. The van der Waals surface area contributed by atoms with E-state index in [1.165, 1.54) is 11.6 Å². The SMILES string of the molecule is COCCN(Cc1cc2ccc(C)cc2n2nnnc12)C(=O)C(F)(F)F. The Hall–Kier alpha value is -2.75. The molecule has 0 bridgehead atoms. The number of nitrogens with zero attached hydrogens (tertiary/aromatic N) is 5. The third kappa shape index (κ3) is 3.45. The van der Waals surface area contributed by atoms with Crippen molar-refractivity contribution < 1.29 is 22.7 Å². The number of fused-ring (bicyclic) bond motifs is 3. The molecule has 3 aromatic rings. The molecule has 0 aliphatic carbocycles. The van der Waals surface area contributed by atoms with Gasteiger partial charge in [-0.2, -0.15) is 17.7 Å². The van der Waals surface area contributed by atoms with Gasteiger partial charge >= 0.3 is 12.1 Å². The number of hydrogen-bond donors (Lipinski definition) is 0. The third-order valence-corrected chi connectivity index (χ3v) is 3.96. The number of hydrogen-bond acceptors (Lipinski definition) is 5. The topological polar surface area (TPSA) is 72.6 Å². The summed E-state index contributed by atoms with van der Waals surface area (Å²) in [5, 5.41) is 12.2. The highest BCUT2D eigenvalue weighted by atomic mass is 19.4. The Kier molecular flexibility index (Phi) is 4.77. The van der Waals surface area contributed by atoms with Gasteiger partial charge in [-0.15, -0.1) is 5.10 Å². The highest BCUT2D eigenvalue weighted by Crippen LogP contribution is 2.24. The number of alkyl halides is 3. The minimum Gasteiger partial charge on any atom is -0.383 e. The lowest BCUT2D eigenvalue weighted by Crippen LogP contribution is -2.42. The first-order valence-corrected chi connectivity index (χ1v) is 7.76. The maximum absolute atomic E-state index is 12.9. The van der Waals surface area contributed by atoms with Gasteiger partial charge in [0, 0.05) is 31.1 Å².